The number of hydrogen-bond donors (Lipinski definition) is 1. The Morgan fingerprint density at radius 3 is 2.30 bits per heavy atom. The number of nitrogens with zero attached hydrogens (tertiary/aromatic N) is 8. The molecule has 1 amide bonds. The van der Waals surface area contributed by atoms with Gasteiger partial charge in [0.15, 0.2) is 17.3 Å². The van der Waals surface area contributed by atoms with E-state index < -0.39 is 72.0 Å². The predicted octanol–water partition coefficient (Wildman–Crippen LogP) is 7.87. The number of aromatic nitrogens is 6. The molecule has 0 spiro atoms. The number of alkyl halides is 6. The van der Waals surface area contributed by atoms with Gasteiger partial charge < -0.3 is 10.5 Å². The molecule has 4 aromatic rings. The number of halogens is 7. The maximum Gasteiger partial charge on any atom is 0.395 e. The number of aliphatic imine (C=N–C) groups is 1. The molecule has 19 heteroatoms. The van der Waals surface area contributed by atoms with Crippen LogP contribution in [0.15, 0.2) is 60.0 Å². The van der Waals surface area contributed by atoms with Gasteiger partial charge in [0.1, 0.15) is 18.6 Å². The first-order valence-corrected chi connectivity index (χ1v) is 18.9. The van der Waals surface area contributed by atoms with Gasteiger partial charge in [0.25, 0.3) is 5.91 Å². The van der Waals surface area contributed by atoms with Gasteiger partial charge in [-0.05, 0) is 68.2 Å². The third kappa shape index (κ3) is 7.14. The molecule has 0 unspecified atom stereocenters. The Kier molecular flexibility index (Phi) is 9.24. The van der Waals surface area contributed by atoms with E-state index in [4.69, 9.17) is 22.1 Å². The summed E-state index contributed by atoms with van der Waals surface area (Å²) in [5.74, 6) is -2.22. The van der Waals surface area contributed by atoms with Crippen LogP contribution in [0.25, 0.3) is 22.6 Å². The van der Waals surface area contributed by atoms with Crippen molar-refractivity contribution in [3.05, 3.63) is 71.1 Å². The van der Waals surface area contributed by atoms with Crippen LogP contribution in [0.2, 0.25) is 5.02 Å². The summed E-state index contributed by atoms with van der Waals surface area (Å²) in [5, 5.41) is 13.4. The van der Waals surface area contributed by atoms with Crippen molar-refractivity contribution < 1.29 is 40.7 Å². The first-order chi connectivity index (χ1) is 26.8. The van der Waals surface area contributed by atoms with Gasteiger partial charge in [-0.1, -0.05) is 55.8 Å². The number of hydrogen-bond acceptors (Lipinski definition) is 9. The summed E-state index contributed by atoms with van der Waals surface area (Å²) in [6.07, 6.45) is -5.14. The van der Waals surface area contributed by atoms with E-state index in [2.05, 4.69) is 25.3 Å². The number of nitrogens with two attached hydrogens (primary N) is 1. The summed E-state index contributed by atoms with van der Waals surface area (Å²) in [6, 6.07) is 9.69. The second kappa shape index (κ2) is 13.6. The minimum Gasteiger partial charge on any atom is -0.463 e. The van der Waals surface area contributed by atoms with E-state index in [1.165, 1.54) is 30.6 Å². The number of guanidine groups is 1. The van der Waals surface area contributed by atoms with Gasteiger partial charge >= 0.3 is 18.3 Å². The first kappa shape index (κ1) is 38.9. The Morgan fingerprint density at radius 1 is 1.00 bits per heavy atom. The molecule has 2 aromatic carbocycles. The zero-order valence-corrected chi connectivity index (χ0v) is 31.6. The minimum atomic E-state index is -4.78. The van der Waals surface area contributed by atoms with E-state index in [0.29, 0.717) is 22.6 Å². The van der Waals surface area contributed by atoms with Crippen molar-refractivity contribution in [1.82, 2.24) is 34.7 Å². The summed E-state index contributed by atoms with van der Waals surface area (Å²) in [6.45, 7) is 1.20. The standard InChI is InChI=1S/C38H38ClF6N9O3/c1-34(2,37(40,41)42)19-36(23-6-3-21(4-7-23)28-17-48-54(51-28)25-10-11-25)32(56)52(33(46)50-36)29(18-57-30(55)16-35(13-14-35)38(43,44)45)22-5-12-27(39)26(15-22)31-47-20-49-53(31)24-8-9-24/h3-7,12,15,17,20,24-25,29H,8-11,13-14,16,18-19H2,1-2H3,(H2,46,50)/t29-,36-/m1/s1. The molecule has 2 N–H and O–H groups in total. The summed E-state index contributed by atoms with van der Waals surface area (Å²) < 4.78 is 92.5. The van der Waals surface area contributed by atoms with Crippen molar-refractivity contribution >= 4 is 29.4 Å². The summed E-state index contributed by atoms with van der Waals surface area (Å²) in [7, 11) is 0. The van der Waals surface area contributed by atoms with Crippen LogP contribution in [0.5, 0.6) is 0 Å². The molecule has 4 aliphatic rings. The maximum absolute atomic E-state index is 15.0. The molecule has 57 heavy (non-hydrogen) atoms. The fourth-order valence-corrected chi connectivity index (χ4v) is 7.54. The van der Waals surface area contributed by atoms with Gasteiger partial charge in [-0.2, -0.15) is 46.4 Å². The van der Waals surface area contributed by atoms with Crippen molar-refractivity contribution in [2.75, 3.05) is 6.61 Å². The highest BCUT2D eigenvalue weighted by atomic mass is 35.5. The van der Waals surface area contributed by atoms with Crippen molar-refractivity contribution in [2.24, 2.45) is 21.6 Å². The number of rotatable bonds is 13. The van der Waals surface area contributed by atoms with Gasteiger partial charge in [0.05, 0.1) is 46.6 Å². The molecule has 2 aromatic heterocycles. The van der Waals surface area contributed by atoms with E-state index in [1.807, 2.05) is 0 Å². The molecule has 0 saturated heterocycles. The van der Waals surface area contributed by atoms with E-state index in [1.54, 1.807) is 33.9 Å². The zero-order chi connectivity index (χ0) is 40.7. The molecular formula is C38H38ClF6N9O3. The van der Waals surface area contributed by atoms with Crippen LogP contribution in [0, 0.1) is 10.8 Å². The molecule has 302 valence electrons. The van der Waals surface area contributed by atoms with E-state index in [0.717, 1.165) is 44.4 Å². The van der Waals surface area contributed by atoms with Crippen LogP contribution in [-0.2, 0) is 19.9 Å². The lowest BCUT2D eigenvalue weighted by Gasteiger charge is -2.37. The third-order valence-electron chi connectivity index (χ3n) is 11.4. The Balaban J connectivity index is 1.18. The zero-order valence-electron chi connectivity index (χ0n) is 30.8. The smallest absolute Gasteiger partial charge is 0.395 e. The quantitative estimate of drug-likeness (QED) is 0.106. The summed E-state index contributed by atoms with van der Waals surface area (Å²) in [4.78, 5) is 39.5. The van der Waals surface area contributed by atoms with Gasteiger partial charge in [-0.15, -0.1) is 0 Å². The van der Waals surface area contributed by atoms with Gasteiger partial charge in [-0.25, -0.2) is 14.7 Å². The van der Waals surface area contributed by atoms with E-state index in [-0.39, 0.29) is 41.1 Å². The molecule has 2 atom stereocenters. The van der Waals surface area contributed by atoms with E-state index >= 15 is 4.79 Å². The summed E-state index contributed by atoms with van der Waals surface area (Å²) in [5.41, 5.74) is 1.45. The molecule has 0 radical (unpaired) electrons. The number of amides is 1. The number of benzene rings is 2. The molecule has 3 aliphatic carbocycles. The van der Waals surface area contributed by atoms with Crippen LogP contribution in [0.4, 0.5) is 26.3 Å². The van der Waals surface area contributed by atoms with Crippen LogP contribution < -0.4 is 5.73 Å². The number of esters is 1. The first-order valence-electron chi connectivity index (χ1n) is 18.5. The summed E-state index contributed by atoms with van der Waals surface area (Å²) >= 11 is 6.66. The van der Waals surface area contributed by atoms with Crippen LogP contribution >= 0.6 is 11.6 Å². The Morgan fingerprint density at radius 2 is 1.68 bits per heavy atom. The highest BCUT2D eigenvalue weighted by Gasteiger charge is 2.64. The van der Waals surface area contributed by atoms with Gasteiger partial charge in [0, 0.05) is 11.1 Å². The molecule has 3 heterocycles. The largest absolute Gasteiger partial charge is 0.463 e. The Bertz CT molecular complexity index is 2240. The Labute approximate surface area is 327 Å². The molecule has 12 nitrogen and oxygen atoms in total. The minimum absolute atomic E-state index is 0.0828. The van der Waals surface area contributed by atoms with Crippen molar-refractivity contribution in [3.8, 4) is 22.6 Å². The van der Waals surface area contributed by atoms with Crippen molar-refractivity contribution in [2.45, 2.75) is 101 Å². The van der Waals surface area contributed by atoms with Crippen molar-refractivity contribution in [3.63, 3.8) is 0 Å². The van der Waals surface area contributed by atoms with Crippen LogP contribution in [-0.4, -0.2) is 71.5 Å². The lowest BCUT2D eigenvalue weighted by Crippen LogP contribution is -2.49. The fraction of sp³-hybridized carbons (Fsp3) is 0.500. The monoisotopic (exact) mass is 817 g/mol. The SMILES string of the molecule is CC(C)(C[C@]1(c2ccc(-c3cnn(C4CC4)n3)cc2)N=C(N)N([C@H](COC(=O)CC2(C(F)(F)F)CC2)c2ccc(Cl)c(-c3ncnn3C3CC3)c2)C1=O)C(F)(F)F. The normalized spacial score (nSPS) is 21.5. The lowest BCUT2D eigenvalue weighted by atomic mass is 9.74. The highest BCUT2D eigenvalue weighted by molar-refractivity contribution is 6.33. The van der Waals surface area contributed by atoms with Crippen LogP contribution in [0.1, 0.15) is 94.5 Å². The number of carbonyl (C=O) groups excluding carboxylic acids is 2. The lowest BCUT2D eigenvalue weighted by molar-refractivity contribution is -0.218. The molecule has 1 aliphatic heterocycles. The fourth-order valence-electron chi connectivity index (χ4n) is 7.33. The van der Waals surface area contributed by atoms with Gasteiger partial charge in [0.2, 0.25) is 0 Å². The molecule has 3 saturated carbocycles. The second-order valence-electron chi connectivity index (χ2n) is 16.1. The molecule has 0 bridgehead atoms. The maximum atomic E-state index is 15.0. The number of ether oxygens (including phenoxy) is 1. The number of carbonyl (C=O) groups is 2. The third-order valence-corrected chi connectivity index (χ3v) is 11.7. The molecule has 3 fully saturated rings. The van der Waals surface area contributed by atoms with Gasteiger partial charge in [-0.3, -0.25) is 14.5 Å². The topological polar surface area (TPSA) is 146 Å². The predicted molar refractivity (Wildman–Crippen MR) is 193 cm³/mol. The highest BCUT2D eigenvalue weighted by Crippen LogP contribution is 2.60. The van der Waals surface area contributed by atoms with E-state index in [9.17, 15) is 31.1 Å². The van der Waals surface area contributed by atoms with Crippen LogP contribution in [0.3, 0.4) is 0 Å². The Hall–Kier alpha value is -5.00. The van der Waals surface area contributed by atoms with Crippen molar-refractivity contribution in [1.29, 1.82) is 0 Å². The average molecular weight is 818 g/mol. The molecule has 8 rings (SSSR count). The molecular weight excluding hydrogens is 780 g/mol. The average Bonchev–Trinajstić information content (AvgIpc) is 4.11. The second-order valence-corrected chi connectivity index (χ2v) is 16.5.